The Kier molecular flexibility index (Phi) is 5.64. The zero-order valence-electron chi connectivity index (χ0n) is 15.8. The van der Waals surface area contributed by atoms with E-state index in [9.17, 15) is 9.59 Å². The quantitative estimate of drug-likeness (QED) is 0.553. The summed E-state index contributed by atoms with van der Waals surface area (Å²) in [7, 11) is 1.44. The summed E-state index contributed by atoms with van der Waals surface area (Å²) < 4.78 is 12.0. The Morgan fingerprint density at radius 3 is 2.46 bits per heavy atom. The molecule has 0 aromatic heterocycles. The molecule has 1 amide bonds. The molecule has 3 rings (SSSR count). The zero-order valence-corrected chi connectivity index (χ0v) is 17.5. The average Bonchev–Trinajstić information content (AvgIpc) is 2.89. The first-order chi connectivity index (χ1) is 12.3. The van der Waals surface area contributed by atoms with Crippen LogP contribution in [0.5, 0.6) is 0 Å². The molecule has 0 spiro atoms. The molecule has 4 atom stereocenters. The number of esters is 1. The van der Waals surface area contributed by atoms with Crippen LogP contribution in [0.4, 0.5) is 4.79 Å². The second-order valence-corrected chi connectivity index (χ2v) is 10.7. The van der Waals surface area contributed by atoms with Gasteiger partial charge in [-0.1, -0.05) is 0 Å². The first-order valence-corrected chi connectivity index (χ1v) is 11.0. The molecule has 26 heavy (non-hydrogen) atoms. The van der Waals surface area contributed by atoms with Crippen molar-refractivity contribution in [3.05, 3.63) is 30.3 Å². The number of hydrogen-bond acceptors (Lipinski definition) is 4. The molecule has 1 unspecified atom stereocenters. The Morgan fingerprint density at radius 1 is 1.15 bits per heavy atom. The van der Waals surface area contributed by atoms with Gasteiger partial charge in [-0.3, -0.25) is 0 Å². The summed E-state index contributed by atoms with van der Waals surface area (Å²) in [6.45, 7) is 5.61. The van der Waals surface area contributed by atoms with Gasteiger partial charge in [0.1, 0.15) is 0 Å². The third-order valence-electron chi connectivity index (χ3n) is 4.97. The van der Waals surface area contributed by atoms with Crippen molar-refractivity contribution in [1.82, 2.24) is 4.90 Å². The van der Waals surface area contributed by atoms with E-state index < -0.39 is 5.60 Å². The molecule has 1 aromatic carbocycles. The number of benzene rings is 1. The molecule has 142 valence electrons. The van der Waals surface area contributed by atoms with Gasteiger partial charge in [0.05, 0.1) is 0 Å². The fourth-order valence-corrected chi connectivity index (χ4v) is 6.98. The van der Waals surface area contributed by atoms with Crippen LogP contribution in [0.3, 0.4) is 0 Å². The molecule has 0 radical (unpaired) electrons. The summed E-state index contributed by atoms with van der Waals surface area (Å²) in [5, 5.41) is 0. The van der Waals surface area contributed by atoms with Crippen LogP contribution in [0.25, 0.3) is 0 Å². The van der Waals surface area contributed by atoms with E-state index in [-0.39, 0.29) is 49.8 Å². The normalized spacial score (nSPS) is 27.9. The van der Waals surface area contributed by atoms with Crippen molar-refractivity contribution in [2.45, 2.75) is 62.5 Å². The number of amides is 1. The van der Waals surface area contributed by atoms with Crippen molar-refractivity contribution >= 4 is 31.5 Å². The predicted octanol–water partition coefficient (Wildman–Crippen LogP) is 2.77. The van der Waals surface area contributed by atoms with E-state index in [1.165, 1.54) is 11.6 Å². The van der Waals surface area contributed by atoms with Crippen LogP contribution in [-0.4, -0.2) is 56.7 Å². The van der Waals surface area contributed by atoms with Gasteiger partial charge in [-0.25, -0.2) is 0 Å². The SMILES string of the molecule is COC(=O)[C@H]1C([Se]c2ccccc2)C[C@@H]2CC[C@H]1N2C(=O)OC(C)(C)C. The van der Waals surface area contributed by atoms with Gasteiger partial charge in [0.25, 0.3) is 0 Å². The van der Waals surface area contributed by atoms with E-state index in [0.29, 0.717) is 0 Å². The van der Waals surface area contributed by atoms with Crippen molar-refractivity contribution < 1.29 is 19.1 Å². The summed E-state index contributed by atoms with van der Waals surface area (Å²) in [4.78, 5) is 27.4. The van der Waals surface area contributed by atoms with Crippen molar-refractivity contribution in [3.63, 3.8) is 0 Å². The summed E-state index contributed by atoms with van der Waals surface area (Å²) in [6.07, 6.45) is 2.30. The van der Waals surface area contributed by atoms with Gasteiger partial charge in [0, 0.05) is 0 Å². The van der Waals surface area contributed by atoms with E-state index >= 15 is 0 Å². The second kappa shape index (κ2) is 7.61. The third kappa shape index (κ3) is 4.07. The Morgan fingerprint density at radius 2 is 1.85 bits per heavy atom. The molecule has 2 aliphatic rings. The Bertz CT molecular complexity index is 658. The number of ether oxygens (including phenoxy) is 2. The number of fused-ring (bicyclic) bond motifs is 2. The van der Waals surface area contributed by atoms with E-state index in [1.54, 1.807) is 0 Å². The molecule has 1 aromatic rings. The van der Waals surface area contributed by atoms with Crippen LogP contribution in [0, 0.1) is 5.92 Å². The maximum atomic E-state index is 12.8. The fraction of sp³-hybridized carbons (Fsp3) is 0.600. The second-order valence-electron chi connectivity index (χ2n) is 7.94. The molecule has 2 fully saturated rings. The van der Waals surface area contributed by atoms with Crippen LogP contribution < -0.4 is 4.46 Å². The van der Waals surface area contributed by atoms with Gasteiger partial charge < -0.3 is 0 Å². The first kappa shape index (κ1) is 19.2. The van der Waals surface area contributed by atoms with Crippen molar-refractivity contribution in [2.75, 3.05) is 7.11 Å². The Hall–Kier alpha value is -1.52. The number of rotatable bonds is 3. The number of hydrogen-bond donors (Lipinski definition) is 0. The Balaban J connectivity index is 1.83. The summed E-state index contributed by atoms with van der Waals surface area (Å²) >= 11 is 0.168. The van der Waals surface area contributed by atoms with E-state index in [1.807, 2.05) is 43.9 Å². The monoisotopic (exact) mass is 425 g/mol. The van der Waals surface area contributed by atoms with Gasteiger partial charge >= 0.3 is 161 Å². The molecule has 2 bridgehead atoms. The van der Waals surface area contributed by atoms with Crippen molar-refractivity contribution in [1.29, 1.82) is 0 Å². The first-order valence-electron chi connectivity index (χ1n) is 9.11. The molecule has 0 N–H and O–H groups in total. The van der Waals surface area contributed by atoms with Crippen LogP contribution in [0.15, 0.2) is 30.3 Å². The van der Waals surface area contributed by atoms with Crippen LogP contribution in [0.1, 0.15) is 40.0 Å². The van der Waals surface area contributed by atoms with Crippen molar-refractivity contribution in [3.8, 4) is 0 Å². The average molecular weight is 424 g/mol. The molecule has 5 nitrogen and oxygen atoms in total. The zero-order chi connectivity index (χ0) is 18.9. The predicted molar refractivity (Wildman–Crippen MR) is 101 cm³/mol. The molecular weight excluding hydrogens is 397 g/mol. The number of nitrogens with zero attached hydrogens (tertiary/aromatic N) is 1. The summed E-state index contributed by atoms with van der Waals surface area (Å²) in [5.41, 5.74) is -0.540. The maximum absolute atomic E-state index is 12.8. The molecule has 2 saturated heterocycles. The minimum atomic E-state index is -0.540. The fourth-order valence-electron chi connectivity index (χ4n) is 4.00. The molecule has 0 aliphatic carbocycles. The minimum absolute atomic E-state index is 0.119. The molecule has 0 saturated carbocycles. The number of carbonyl (C=O) groups is 2. The topological polar surface area (TPSA) is 55.8 Å². The van der Waals surface area contributed by atoms with E-state index in [2.05, 4.69) is 12.1 Å². The van der Waals surface area contributed by atoms with Crippen molar-refractivity contribution in [2.24, 2.45) is 5.92 Å². The molecule has 2 aliphatic heterocycles. The molecule has 6 heteroatoms. The molecule has 2 heterocycles. The number of carbonyl (C=O) groups excluding carboxylic acids is 2. The molecular formula is C20H27NO4Se. The van der Waals surface area contributed by atoms with E-state index in [4.69, 9.17) is 9.47 Å². The number of methoxy groups -OCH3 is 1. The van der Waals surface area contributed by atoms with Gasteiger partial charge in [0.15, 0.2) is 0 Å². The van der Waals surface area contributed by atoms with E-state index in [0.717, 1.165) is 19.3 Å². The van der Waals surface area contributed by atoms with Crippen LogP contribution >= 0.6 is 0 Å². The van der Waals surface area contributed by atoms with Gasteiger partial charge in [0.2, 0.25) is 0 Å². The third-order valence-corrected chi connectivity index (χ3v) is 7.77. The van der Waals surface area contributed by atoms with Gasteiger partial charge in [-0.05, 0) is 0 Å². The van der Waals surface area contributed by atoms with Crippen LogP contribution in [0.2, 0.25) is 4.82 Å². The van der Waals surface area contributed by atoms with Gasteiger partial charge in [-0.15, -0.1) is 0 Å². The Labute approximate surface area is 161 Å². The van der Waals surface area contributed by atoms with Gasteiger partial charge in [-0.2, -0.15) is 0 Å². The number of piperidine rings is 1. The summed E-state index contributed by atoms with van der Waals surface area (Å²) in [6, 6.07) is 10.4. The van der Waals surface area contributed by atoms with Crippen LogP contribution in [-0.2, 0) is 14.3 Å². The standard InChI is InChI=1S/C20H27NO4Se/c1-20(2,3)25-19(23)21-13-10-11-15(21)17(18(22)24-4)16(12-13)26-14-8-6-5-7-9-14/h5-9,13,15-17H,10-12H2,1-4H3/t13-,15+,16?,17+/m0/s1. The summed E-state index contributed by atoms with van der Waals surface area (Å²) in [5.74, 6) is -0.474.